The van der Waals surface area contributed by atoms with E-state index in [1.54, 1.807) is 22.9 Å². The van der Waals surface area contributed by atoms with Crippen molar-refractivity contribution >= 4 is 27.3 Å². The molecule has 0 saturated heterocycles. The van der Waals surface area contributed by atoms with E-state index in [1.807, 2.05) is 18.5 Å². The average molecular weight is 344 g/mol. The fourth-order valence-electron chi connectivity index (χ4n) is 1.97. The van der Waals surface area contributed by atoms with E-state index in [0.717, 1.165) is 11.3 Å². The maximum absolute atomic E-state index is 13.6. The molecular weight excluding hydrogens is 329 g/mol. The third-order valence-corrected chi connectivity index (χ3v) is 4.26. The molecule has 0 aliphatic rings. The Hall–Kier alpha value is -0.820. The van der Waals surface area contributed by atoms with E-state index >= 15 is 0 Å². The minimum Gasteiger partial charge on any atom is -0.329 e. The van der Waals surface area contributed by atoms with E-state index in [9.17, 15) is 4.39 Å². The molecule has 1 heterocycles. The molecule has 0 saturated carbocycles. The number of halogens is 2. The van der Waals surface area contributed by atoms with E-state index in [4.69, 9.17) is 5.73 Å². The summed E-state index contributed by atoms with van der Waals surface area (Å²) >= 11 is 4.72. The lowest BCUT2D eigenvalue weighted by molar-refractivity contribution is 0.239. The molecule has 6 heteroatoms. The summed E-state index contributed by atoms with van der Waals surface area (Å²) in [5, 5.41) is 2.01. The summed E-state index contributed by atoms with van der Waals surface area (Å²) in [6, 6.07) is 5.11. The highest BCUT2D eigenvalue weighted by molar-refractivity contribution is 9.10. The molecule has 0 radical (unpaired) electrons. The Kier molecular flexibility index (Phi) is 5.04. The van der Waals surface area contributed by atoms with Crippen molar-refractivity contribution in [3.63, 3.8) is 0 Å². The van der Waals surface area contributed by atoms with E-state index in [1.165, 1.54) is 6.07 Å². The summed E-state index contributed by atoms with van der Waals surface area (Å²) in [5.41, 5.74) is 9.51. The minimum absolute atomic E-state index is 0.0238. The van der Waals surface area contributed by atoms with Gasteiger partial charge in [0.25, 0.3) is 0 Å². The van der Waals surface area contributed by atoms with Crippen LogP contribution < -0.4 is 5.73 Å². The molecule has 2 rings (SSSR count). The molecule has 19 heavy (non-hydrogen) atoms. The van der Waals surface area contributed by atoms with Crippen molar-refractivity contribution in [2.75, 3.05) is 13.6 Å². The highest BCUT2D eigenvalue weighted by atomic mass is 79.9. The monoisotopic (exact) mass is 343 g/mol. The molecule has 2 aromatic rings. The third-order valence-electron chi connectivity index (χ3n) is 2.98. The fourth-order valence-corrected chi connectivity index (χ4v) is 2.77. The molecule has 1 unspecified atom stereocenters. The minimum atomic E-state index is -0.266. The molecule has 0 aliphatic carbocycles. The van der Waals surface area contributed by atoms with E-state index < -0.39 is 0 Å². The molecular formula is C13H15BrFN3S. The normalized spacial score (nSPS) is 12.9. The molecule has 0 fully saturated rings. The quantitative estimate of drug-likeness (QED) is 0.906. The molecule has 1 aromatic heterocycles. The lowest BCUT2D eigenvalue weighted by Gasteiger charge is -2.26. The second kappa shape index (κ2) is 6.56. The van der Waals surface area contributed by atoms with Gasteiger partial charge in [0.05, 0.1) is 15.7 Å². The van der Waals surface area contributed by atoms with Crippen molar-refractivity contribution in [1.82, 2.24) is 9.88 Å². The molecule has 0 bridgehead atoms. The van der Waals surface area contributed by atoms with Gasteiger partial charge in [-0.15, -0.1) is 11.3 Å². The van der Waals surface area contributed by atoms with Gasteiger partial charge in [-0.25, -0.2) is 9.37 Å². The van der Waals surface area contributed by atoms with Crippen molar-refractivity contribution in [3.8, 4) is 0 Å². The van der Waals surface area contributed by atoms with Gasteiger partial charge in [-0.05, 0) is 40.7 Å². The standard InChI is InChI=1S/C13H15BrFN3S/c1-18(6-10-7-19-8-17-10)13(5-16)9-2-3-11(14)12(15)4-9/h2-4,7-8,13H,5-6,16H2,1H3. The SMILES string of the molecule is CN(Cc1cscn1)C(CN)c1ccc(Br)c(F)c1. The molecule has 0 aliphatic heterocycles. The van der Waals surface area contributed by atoms with Crippen LogP contribution in [0.2, 0.25) is 0 Å². The third kappa shape index (κ3) is 3.60. The number of hydrogen-bond acceptors (Lipinski definition) is 4. The predicted molar refractivity (Wildman–Crippen MR) is 79.5 cm³/mol. The van der Waals surface area contributed by atoms with Gasteiger partial charge in [0.1, 0.15) is 5.82 Å². The maximum atomic E-state index is 13.6. The Bertz CT molecular complexity index is 533. The maximum Gasteiger partial charge on any atom is 0.137 e. The Balaban J connectivity index is 2.16. The zero-order valence-corrected chi connectivity index (χ0v) is 12.9. The molecule has 2 N–H and O–H groups in total. The number of rotatable bonds is 5. The number of benzene rings is 1. The van der Waals surface area contributed by atoms with Gasteiger partial charge in [-0.2, -0.15) is 0 Å². The van der Waals surface area contributed by atoms with Crippen LogP contribution in [0.15, 0.2) is 33.6 Å². The Morgan fingerprint density at radius 3 is 2.89 bits per heavy atom. The summed E-state index contributed by atoms with van der Waals surface area (Å²) in [5.74, 6) is -0.266. The van der Waals surface area contributed by atoms with Gasteiger partial charge >= 0.3 is 0 Å². The lowest BCUT2D eigenvalue weighted by Crippen LogP contribution is -2.30. The Morgan fingerprint density at radius 1 is 1.53 bits per heavy atom. The first kappa shape index (κ1) is 14.6. The van der Waals surface area contributed by atoms with Crippen LogP contribution in [0.3, 0.4) is 0 Å². The molecule has 1 atom stereocenters. The van der Waals surface area contributed by atoms with Gasteiger partial charge in [-0.1, -0.05) is 6.07 Å². The van der Waals surface area contributed by atoms with Crippen molar-refractivity contribution in [2.45, 2.75) is 12.6 Å². The Labute approximate surface area is 124 Å². The molecule has 1 aromatic carbocycles. The van der Waals surface area contributed by atoms with Crippen LogP contribution in [0.1, 0.15) is 17.3 Å². The zero-order valence-electron chi connectivity index (χ0n) is 10.5. The van der Waals surface area contributed by atoms with E-state index in [2.05, 4.69) is 25.8 Å². The number of likely N-dealkylation sites (N-methyl/N-ethyl adjacent to an activating group) is 1. The first-order chi connectivity index (χ1) is 9.11. The van der Waals surface area contributed by atoms with Gasteiger partial charge in [0.15, 0.2) is 0 Å². The first-order valence-corrected chi connectivity index (χ1v) is 7.57. The van der Waals surface area contributed by atoms with Crippen LogP contribution in [0.5, 0.6) is 0 Å². The number of hydrogen-bond donors (Lipinski definition) is 1. The van der Waals surface area contributed by atoms with Gasteiger partial charge in [-0.3, -0.25) is 4.90 Å². The topological polar surface area (TPSA) is 42.2 Å². The number of aromatic nitrogens is 1. The summed E-state index contributed by atoms with van der Waals surface area (Å²) in [7, 11) is 1.97. The second-order valence-corrected chi connectivity index (χ2v) is 5.89. The summed E-state index contributed by atoms with van der Waals surface area (Å²) in [6.45, 7) is 1.13. The molecule has 0 amide bonds. The van der Waals surface area contributed by atoms with Gasteiger partial charge in [0, 0.05) is 24.5 Å². The molecule has 102 valence electrons. The van der Waals surface area contributed by atoms with Crippen LogP contribution in [0.25, 0.3) is 0 Å². The largest absolute Gasteiger partial charge is 0.329 e. The first-order valence-electron chi connectivity index (χ1n) is 5.84. The highest BCUT2D eigenvalue weighted by Gasteiger charge is 2.17. The Morgan fingerprint density at radius 2 is 2.32 bits per heavy atom. The smallest absolute Gasteiger partial charge is 0.137 e. The van der Waals surface area contributed by atoms with Crippen molar-refractivity contribution in [3.05, 3.63) is 50.6 Å². The number of nitrogens with zero attached hydrogens (tertiary/aromatic N) is 2. The van der Waals surface area contributed by atoms with Crippen LogP contribution in [0, 0.1) is 5.82 Å². The second-order valence-electron chi connectivity index (χ2n) is 4.32. The van der Waals surface area contributed by atoms with Crippen molar-refractivity contribution in [1.29, 1.82) is 0 Å². The zero-order chi connectivity index (χ0) is 13.8. The lowest BCUT2D eigenvalue weighted by atomic mass is 10.1. The highest BCUT2D eigenvalue weighted by Crippen LogP contribution is 2.24. The van der Waals surface area contributed by atoms with Gasteiger partial charge < -0.3 is 5.73 Å². The van der Waals surface area contributed by atoms with Crippen LogP contribution >= 0.6 is 27.3 Å². The fraction of sp³-hybridized carbons (Fsp3) is 0.308. The molecule has 0 spiro atoms. The van der Waals surface area contributed by atoms with E-state index in [0.29, 0.717) is 17.6 Å². The predicted octanol–water partition coefficient (Wildman–Crippen LogP) is 3.18. The summed E-state index contributed by atoms with van der Waals surface area (Å²) in [4.78, 5) is 6.33. The van der Waals surface area contributed by atoms with E-state index in [-0.39, 0.29) is 11.9 Å². The molecule has 3 nitrogen and oxygen atoms in total. The van der Waals surface area contributed by atoms with Crippen LogP contribution in [-0.2, 0) is 6.54 Å². The number of nitrogens with two attached hydrogens (primary N) is 1. The van der Waals surface area contributed by atoms with Crippen molar-refractivity contribution in [2.24, 2.45) is 5.73 Å². The summed E-state index contributed by atoms with van der Waals surface area (Å²) < 4.78 is 14.1. The van der Waals surface area contributed by atoms with Crippen LogP contribution in [-0.4, -0.2) is 23.5 Å². The van der Waals surface area contributed by atoms with Gasteiger partial charge in [0.2, 0.25) is 0 Å². The van der Waals surface area contributed by atoms with Crippen molar-refractivity contribution < 1.29 is 4.39 Å². The average Bonchev–Trinajstić information content (AvgIpc) is 2.87. The van der Waals surface area contributed by atoms with Crippen LogP contribution in [0.4, 0.5) is 4.39 Å². The number of thiazole rings is 1. The summed E-state index contributed by atoms with van der Waals surface area (Å²) in [6.07, 6.45) is 0.